The van der Waals surface area contributed by atoms with Gasteiger partial charge in [-0.15, -0.1) is 0 Å². The van der Waals surface area contributed by atoms with Crippen molar-refractivity contribution >= 4 is 32.5 Å². The maximum Gasteiger partial charge on any atom is 0.232 e. The van der Waals surface area contributed by atoms with E-state index in [1.54, 1.807) is 12.3 Å². The summed E-state index contributed by atoms with van der Waals surface area (Å²) in [4.78, 5) is 11.8. The predicted molar refractivity (Wildman–Crippen MR) is 89.8 cm³/mol. The van der Waals surface area contributed by atoms with Crippen LogP contribution in [0.3, 0.4) is 0 Å². The lowest BCUT2D eigenvalue weighted by Crippen LogP contribution is -2.03. The van der Waals surface area contributed by atoms with Crippen molar-refractivity contribution in [1.82, 2.24) is 15.0 Å². The molecule has 0 saturated carbocycles. The van der Waals surface area contributed by atoms with Crippen molar-refractivity contribution in [2.75, 3.05) is 25.8 Å². The molecule has 2 heterocycles. The number of methoxy groups -OCH3 is 2. The van der Waals surface area contributed by atoms with E-state index in [0.29, 0.717) is 28.9 Å². The van der Waals surface area contributed by atoms with Gasteiger partial charge >= 0.3 is 0 Å². The Morgan fingerprint density at radius 1 is 1.12 bits per heavy atom. The molecule has 2 N–H and O–H groups in total. The highest BCUT2D eigenvalue weighted by Crippen LogP contribution is 2.31. The molecule has 0 amide bonds. The summed E-state index contributed by atoms with van der Waals surface area (Å²) in [5, 5.41) is 3.78. The number of nitrogens with one attached hydrogen (secondary N) is 2. The fourth-order valence-electron chi connectivity index (χ4n) is 2.25. The zero-order chi connectivity index (χ0) is 17.3. The van der Waals surface area contributed by atoms with E-state index in [1.807, 2.05) is 6.07 Å². The zero-order valence-corrected chi connectivity index (χ0v) is 14.1. The Labute approximate surface area is 138 Å². The minimum absolute atomic E-state index is 0.170. The SMILES string of the molecule is COc1cc(S(C)(=O)=O)ccc1Nc1nc(OC)c2cc[nH]c2n1. The molecule has 0 atom stereocenters. The molecule has 0 bridgehead atoms. The molecule has 8 nitrogen and oxygen atoms in total. The number of hydrogen-bond acceptors (Lipinski definition) is 7. The molecule has 3 rings (SSSR count). The van der Waals surface area contributed by atoms with Crippen LogP contribution in [0, 0.1) is 0 Å². The van der Waals surface area contributed by atoms with Gasteiger partial charge in [-0.05, 0) is 18.2 Å². The third-order valence-corrected chi connectivity index (χ3v) is 4.53. The molecule has 9 heteroatoms. The van der Waals surface area contributed by atoms with E-state index in [1.165, 1.54) is 26.4 Å². The zero-order valence-electron chi connectivity index (χ0n) is 13.3. The van der Waals surface area contributed by atoms with E-state index in [9.17, 15) is 8.42 Å². The summed E-state index contributed by atoms with van der Waals surface area (Å²) in [6.07, 6.45) is 2.88. The molecule has 126 valence electrons. The number of sulfone groups is 1. The number of H-pyrrole nitrogens is 1. The lowest BCUT2D eigenvalue weighted by molar-refractivity contribution is 0.403. The van der Waals surface area contributed by atoms with Gasteiger partial charge in [-0.1, -0.05) is 0 Å². The summed E-state index contributed by atoms with van der Waals surface area (Å²) in [5.41, 5.74) is 1.16. The molecule has 0 unspecified atom stereocenters. The fraction of sp³-hybridized carbons (Fsp3) is 0.200. The summed E-state index contributed by atoms with van der Waals surface area (Å²) in [5.74, 6) is 1.09. The van der Waals surface area contributed by atoms with Gasteiger partial charge in [-0.2, -0.15) is 9.97 Å². The molecule has 0 aliphatic rings. The van der Waals surface area contributed by atoms with Gasteiger partial charge < -0.3 is 19.8 Å². The van der Waals surface area contributed by atoms with Crippen molar-refractivity contribution in [2.24, 2.45) is 0 Å². The van der Waals surface area contributed by atoms with Gasteiger partial charge in [0, 0.05) is 18.5 Å². The number of fused-ring (bicyclic) bond motifs is 1. The summed E-state index contributed by atoms with van der Waals surface area (Å²) < 4.78 is 33.8. The van der Waals surface area contributed by atoms with Crippen LogP contribution in [0.2, 0.25) is 0 Å². The second kappa shape index (κ2) is 6.00. The Balaban J connectivity index is 2.02. The molecule has 0 spiro atoms. The van der Waals surface area contributed by atoms with Gasteiger partial charge in [-0.25, -0.2) is 8.42 Å². The highest BCUT2D eigenvalue weighted by atomic mass is 32.2. The third-order valence-electron chi connectivity index (χ3n) is 3.42. The van der Waals surface area contributed by atoms with Gasteiger partial charge in [0.1, 0.15) is 11.4 Å². The number of hydrogen-bond donors (Lipinski definition) is 2. The van der Waals surface area contributed by atoms with Crippen molar-refractivity contribution < 1.29 is 17.9 Å². The summed E-state index contributed by atoms with van der Waals surface area (Å²) in [6.45, 7) is 0. The molecule has 2 aromatic heterocycles. The van der Waals surface area contributed by atoms with Crippen LogP contribution in [0.4, 0.5) is 11.6 Å². The van der Waals surface area contributed by atoms with Crippen molar-refractivity contribution in [3.63, 3.8) is 0 Å². The summed E-state index contributed by atoms with van der Waals surface area (Å²) in [6, 6.07) is 6.36. The predicted octanol–water partition coefficient (Wildman–Crippen LogP) is 2.12. The van der Waals surface area contributed by atoms with Gasteiger partial charge in [0.05, 0.1) is 30.2 Å². The minimum atomic E-state index is -3.32. The number of aromatic nitrogens is 3. The van der Waals surface area contributed by atoms with Gasteiger partial charge in [0.15, 0.2) is 9.84 Å². The summed E-state index contributed by atoms with van der Waals surface area (Å²) in [7, 11) is -0.333. The highest BCUT2D eigenvalue weighted by Gasteiger charge is 2.14. The van der Waals surface area contributed by atoms with E-state index in [0.717, 1.165) is 11.6 Å². The van der Waals surface area contributed by atoms with Crippen molar-refractivity contribution in [3.05, 3.63) is 30.5 Å². The lowest BCUT2D eigenvalue weighted by atomic mass is 10.3. The van der Waals surface area contributed by atoms with Crippen LogP contribution in [0.15, 0.2) is 35.4 Å². The quantitative estimate of drug-likeness (QED) is 0.727. The maximum atomic E-state index is 11.6. The van der Waals surface area contributed by atoms with Gasteiger partial charge in [-0.3, -0.25) is 0 Å². The van der Waals surface area contributed by atoms with E-state index in [-0.39, 0.29) is 4.90 Å². The smallest absolute Gasteiger partial charge is 0.232 e. The molecule has 1 aromatic carbocycles. The molecule has 24 heavy (non-hydrogen) atoms. The molecule has 0 fully saturated rings. The number of ether oxygens (including phenoxy) is 2. The van der Waals surface area contributed by atoms with Gasteiger partial charge in [0.25, 0.3) is 0 Å². The fourth-order valence-corrected chi connectivity index (χ4v) is 2.89. The molecule has 0 saturated heterocycles. The van der Waals surface area contributed by atoms with Crippen molar-refractivity contribution in [1.29, 1.82) is 0 Å². The first-order chi connectivity index (χ1) is 11.4. The topological polar surface area (TPSA) is 106 Å². The van der Waals surface area contributed by atoms with Crippen LogP contribution in [-0.2, 0) is 9.84 Å². The Morgan fingerprint density at radius 3 is 2.58 bits per heavy atom. The van der Waals surface area contributed by atoms with Crippen LogP contribution in [0.25, 0.3) is 11.0 Å². The second-order valence-corrected chi connectivity index (χ2v) is 7.07. The number of rotatable bonds is 5. The van der Waals surface area contributed by atoms with Crippen LogP contribution in [0.5, 0.6) is 11.6 Å². The van der Waals surface area contributed by atoms with E-state index < -0.39 is 9.84 Å². The molecule has 0 aliphatic heterocycles. The number of nitrogens with zero attached hydrogens (tertiary/aromatic N) is 2. The second-order valence-electron chi connectivity index (χ2n) is 5.06. The Hall–Kier alpha value is -2.81. The van der Waals surface area contributed by atoms with Crippen LogP contribution in [-0.4, -0.2) is 43.8 Å². The summed E-state index contributed by atoms with van der Waals surface area (Å²) >= 11 is 0. The molecule has 0 radical (unpaired) electrons. The lowest BCUT2D eigenvalue weighted by Gasteiger charge is -2.12. The average Bonchev–Trinajstić information content (AvgIpc) is 3.01. The normalized spacial score (nSPS) is 11.5. The van der Waals surface area contributed by atoms with E-state index >= 15 is 0 Å². The van der Waals surface area contributed by atoms with Crippen LogP contribution >= 0.6 is 0 Å². The monoisotopic (exact) mass is 348 g/mol. The van der Waals surface area contributed by atoms with E-state index in [2.05, 4.69) is 20.3 Å². The molecule has 0 aliphatic carbocycles. The Bertz CT molecular complexity index is 998. The first-order valence-electron chi connectivity index (χ1n) is 6.96. The van der Waals surface area contributed by atoms with Crippen molar-refractivity contribution in [2.45, 2.75) is 4.90 Å². The van der Waals surface area contributed by atoms with Crippen LogP contribution in [0.1, 0.15) is 0 Å². The van der Waals surface area contributed by atoms with Gasteiger partial charge in [0.2, 0.25) is 11.8 Å². The van der Waals surface area contributed by atoms with Crippen LogP contribution < -0.4 is 14.8 Å². The van der Waals surface area contributed by atoms with E-state index in [4.69, 9.17) is 9.47 Å². The first-order valence-corrected chi connectivity index (χ1v) is 8.86. The largest absolute Gasteiger partial charge is 0.495 e. The standard InChI is InChI=1S/C15H16N4O4S/c1-22-12-8-9(24(3,20)21)4-5-11(12)17-15-18-13-10(6-7-16-13)14(19-15)23-2/h4-8H,1-3H3,(H2,16,17,18,19). The maximum absolute atomic E-state index is 11.6. The number of anilines is 2. The Kier molecular flexibility index (Phi) is 4.02. The molecule has 3 aromatic rings. The van der Waals surface area contributed by atoms with Crippen molar-refractivity contribution in [3.8, 4) is 11.6 Å². The first kappa shape index (κ1) is 16.1. The third kappa shape index (κ3) is 2.98. The minimum Gasteiger partial charge on any atom is -0.495 e. The number of aromatic amines is 1. The molecular formula is C15H16N4O4S. The average molecular weight is 348 g/mol. The molecular weight excluding hydrogens is 332 g/mol. The number of benzene rings is 1. The highest BCUT2D eigenvalue weighted by molar-refractivity contribution is 7.90. The Morgan fingerprint density at radius 2 is 1.92 bits per heavy atom.